The molecule has 2 aromatic heterocycles. The van der Waals surface area contributed by atoms with E-state index in [9.17, 15) is 15.3 Å². The average Bonchev–Trinajstić information content (AvgIpc) is 3.26. The van der Waals surface area contributed by atoms with Gasteiger partial charge in [0.1, 0.15) is 18.6 Å². The van der Waals surface area contributed by atoms with Crippen molar-refractivity contribution in [2.75, 3.05) is 13.7 Å². The van der Waals surface area contributed by atoms with Gasteiger partial charge in [-0.05, 0) is 12.0 Å². The summed E-state index contributed by atoms with van der Waals surface area (Å²) in [5.41, 5.74) is 3.17. The molecule has 8 nitrogen and oxygen atoms in total. The molecule has 4 rings (SSSR count). The van der Waals surface area contributed by atoms with Crippen molar-refractivity contribution in [1.29, 1.82) is 0 Å². The Morgan fingerprint density at radius 2 is 1.93 bits per heavy atom. The van der Waals surface area contributed by atoms with Crippen LogP contribution in [0.2, 0.25) is 0 Å². The molecule has 3 aromatic rings. The fourth-order valence-corrected chi connectivity index (χ4v) is 4.10. The fourth-order valence-electron chi connectivity index (χ4n) is 4.10. The molecule has 1 fully saturated rings. The van der Waals surface area contributed by atoms with Gasteiger partial charge in [-0.25, -0.2) is 4.98 Å². The molecule has 0 saturated heterocycles. The molecule has 1 saturated carbocycles. The Balaban J connectivity index is 1.66. The molecule has 154 valence electrons. The van der Waals surface area contributed by atoms with Crippen LogP contribution in [0.25, 0.3) is 11.0 Å². The minimum absolute atomic E-state index is 0.175. The van der Waals surface area contributed by atoms with Crippen molar-refractivity contribution >= 4 is 11.0 Å². The molecule has 0 bridgehead atoms. The number of rotatable bonds is 7. The second kappa shape index (κ2) is 8.46. The van der Waals surface area contributed by atoms with Crippen LogP contribution in [0.1, 0.15) is 23.5 Å². The van der Waals surface area contributed by atoms with E-state index in [1.54, 1.807) is 7.11 Å². The highest BCUT2D eigenvalue weighted by Crippen LogP contribution is 2.42. The number of hydrogen-bond acceptors (Lipinski definition) is 7. The average molecular weight is 399 g/mol. The molecule has 0 unspecified atom stereocenters. The summed E-state index contributed by atoms with van der Waals surface area (Å²) in [6.45, 7) is 0.527. The van der Waals surface area contributed by atoms with Crippen LogP contribution in [-0.4, -0.2) is 55.8 Å². The summed E-state index contributed by atoms with van der Waals surface area (Å²) in [5.74, 6) is -0.303. The predicted octanol–water partition coefficient (Wildman–Crippen LogP) is 1.43. The first-order valence-corrected chi connectivity index (χ1v) is 9.60. The third-order valence-corrected chi connectivity index (χ3v) is 5.62. The maximum absolute atomic E-state index is 10.6. The molecular weight excluding hydrogens is 374 g/mol. The van der Waals surface area contributed by atoms with Crippen molar-refractivity contribution in [2.45, 2.75) is 37.9 Å². The van der Waals surface area contributed by atoms with Crippen LogP contribution in [0, 0.1) is 5.92 Å². The monoisotopic (exact) mass is 399 g/mol. The van der Waals surface area contributed by atoms with Crippen molar-refractivity contribution in [3.63, 3.8) is 0 Å². The molecule has 8 heteroatoms. The largest absolute Gasteiger partial charge is 0.479 e. The zero-order valence-corrected chi connectivity index (χ0v) is 16.2. The smallest absolute Gasteiger partial charge is 0.241 e. The van der Waals surface area contributed by atoms with E-state index >= 15 is 0 Å². The first-order valence-electron chi connectivity index (χ1n) is 9.60. The Labute approximate surface area is 168 Å². The van der Waals surface area contributed by atoms with Gasteiger partial charge in [0.2, 0.25) is 5.88 Å². The lowest BCUT2D eigenvalue weighted by atomic mass is 9.96. The van der Waals surface area contributed by atoms with E-state index < -0.39 is 12.2 Å². The van der Waals surface area contributed by atoms with Gasteiger partial charge in [-0.2, -0.15) is 4.98 Å². The Morgan fingerprint density at radius 1 is 1.14 bits per heavy atom. The first kappa shape index (κ1) is 19.8. The predicted molar refractivity (Wildman–Crippen MR) is 105 cm³/mol. The van der Waals surface area contributed by atoms with E-state index in [-0.39, 0.29) is 25.2 Å². The third kappa shape index (κ3) is 3.72. The molecule has 1 aromatic carbocycles. The molecule has 0 aliphatic heterocycles. The van der Waals surface area contributed by atoms with Crippen molar-refractivity contribution in [2.24, 2.45) is 5.92 Å². The van der Waals surface area contributed by atoms with Crippen LogP contribution in [0.3, 0.4) is 0 Å². The number of hydrogen-bond donors (Lipinski definition) is 3. The van der Waals surface area contributed by atoms with Crippen molar-refractivity contribution in [1.82, 2.24) is 14.5 Å². The summed E-state index contributed by atoms with van der Waals surface area (Å²) in [4.78, 5) is 8.60. The summed E-state index contributed by atoms with van der Waals surface area (Å²) in [5, 5.41) is 30.3. The van der Waals surface area contributed by atoms with E-state index in [0.29, 0.717) is 29.9 Å². The highest BCUT2D eigenvalue weighted by atomic mass is 16.5. The van der Waals surface area contributed by atoms with E-state index in [4.69, 9.17) is 9.47 Å². The Bertz CT molecular complexity index is 962. The summed E-state index contributed by atoms with van der Waals surface area (Å²) >= 11 is 0. The number of fused-ring (bicyclic) bond motifs is 1. The van der Waals surface area contributed by atoms with Gasteiger partial charge in [0, 0.05) is 30.2 Å². The van der Waals surface area contributed by atoms with E-state index in [1.165, 1.54) is 6.33 Å². The molecule has 2 heterocycles. The second-order valence-corrected chi connectivity index (χ2v) is 7.36. The molecule has 1 aliphatic carbocycles. The van der Waals surface area contributed by atoms with Crippen LogP contribution in [0.4, 0.5) is 0 Å². The molecule has 0 radical (unpaired) electrons. The van der Waals surface area contributed by atoms with Crippen molar-refractivity contribution in [3.05, 3.63) is 54.0 Å². The number of aromatic nitrogens is 3. The molecular formula is C21H25N3O5. The minimum Gasteiger partial charge on any atom is -0.479 e. The minimum atomic E-state index is -0.975. The quantitative estimate of drug-likeness (QED) is 0.551. The van der Waals surface area contributed by atoms with Crippen LogP contribution in [0.15, 0.2) is 42.9 Å². The number of methoxy groups -OCH3 is 1. The Kier molecular flexibility index (Phi) is 5.77. The van der Waals surface area contributed by atoms with Crippen LogP contribution >= 0.6 is 0 Å². The summed E-state index contributed by atoms with van der Waals surface area (Å²) in [7, 11) is 1.54. The number of ether oxygens (including phenoxy) is 2. The van der Waals surface area contributed by atoms with Crippen molar-refractivity contribution < 1.29 is 24.8 Å². The lowest BCUT2D eigenvalue weighted by Gasteiger charge is -2.16. The van der Waals surface area contributed by atoms with Gasteiger partial charge < -0.3 is 29.4 Å². The molecule has 4 atom stereocenters. The number of nitrogens with zero attached hydrogens (tertiary/aromatic N) is 3. The van der Waals surface area contributed by atoms with Gasteiger partial charge in [0.25, 0.3) is 0 Å². The SMILES string of the molecule is COc1ncnc2c([C@@H]3C[C@H](CO)[C@@H](O)[C@H]3O)cn(COCc3ccccc3)c12. The molecule has 29 heavy (non-hydrogen) atoms. The van der Waals surface area contributed by atoms with Gasteiger partial charge >= 0.3 is 0 Å². The second-order valence-electron chi connectivity index (χ2n) is 7.36. The van der Waals surface area contributed by atoms with Gasteiger partial charge in [-0.3, -0.25) is 0 Å². The topological polar surface area (TPSA) is 110 Å². The molecule has 0 amide bonds. The van der Waals surface area contributed by atoms with Crippen LogP contribution in [-0.2, 0) is 18.1 Å². The summed E-state index contributed by atoms with van der Waals surface area (Å²) < 4.78 is 13.2. The van der Waals surface area contributed by atoms with E-state index in [0.717, 1.165) is 11.1 Å². The fraction of sp³-hybridized carbons (Fsp3) is 0.429. The summed E-state index contributed by atoms with van der Waals surface area (Å²) in [6, 6.07) is 9.87. The first-order chi connectivity index (χ1) is 14.1. The van der Waals surface area contributed by atoms with E-state index in [1.807, 2.05) is 41.1 Å². The molecule has 3 N–H and O–H groups in total. The lowest BCUT2D eigenvalue weighted by Crippen LogP contribution is -2.28. The van der Waals surface area contributed by atoms with Crippen LogP contribution in [0.5, 0.6) is 5.88 Å². The highest BCUT2D eigenvalue weighted by molar-refractivity contribution is 5.84. The normalized spacial score (nSPS) is 24.3. The maximum Gasteiger partial charge on any atom is 0.241 e. The van der Waals surface area contributed by atoms with Gasteiger partial charge in [-0.1, -0.05) is 30.3 Å². The van der Waals surface area contributed by atoms with Gasteiger partial charge in [-0.15, -0.1) is 0 Å². The number of aliphatic hydroxyl groups is 3. The van der Waals surface area contributed by atoms with Crippen LogP contribution < -0.4 is 4.74 Å². The maximum atomic E-state index is 10.6. The molecule has 1 aliphatic rings. The Morgan fingerprint density at radius 3 is 2.62 bits per heavy atom. The number of benzene rings is 1. The Hall–Kier alpha value is -2.52. The van der Waals surface area contributed by atoms with E-state index in [2.05, 4.69) is 9.97 Å². The van der Waals surface area contributed by atoms with Crippen molar-refractivity contribution in [3.8, 4) is 5.88 Å². The van der Waals surface area contributed by atoms with Gasteiger partial charge in [0.05, 0.1) is 31.4 Å². The highest BCUT2D eigenvalue weighted by Gasteiger charge is 2.43. The zero-order valence-electron chi connectivity index (χ0n) is 16.2. The molecule has 0 spiro atoms. The van der Waals surface area contributed by atoms with Gasteiger partial charge in [0.15, 0.2) is 0 Å². The lowest BCUT2D eigenvalue weighted by molar-refractivity contribution is 0.00236. The number of aliphatic hydroxyl groups excluding tert-OH is 3. The zero-order chi connectivity index (χ0) is 20.4. The third-order valence-electron chi connectivity index (χ3n) is 5.62. The standard InChI is InChI=1S/C21H25N3O5/c1-28-21-18-17(22-11-23-21)16(15-7-14(9-25)19(26)20(15)27)8-24(18)12-29-10-13-5-3-2-4-6-13/h2-6,8,11,14-15,19-20,25-27H,7,9-10,12H2,1H3/t14-,15+,19-,20+/m1/s1. The summed E-state index contributed by atoms with van der Waals surface area (Å²) in [6.07, 6.45) is 1.81.